The number of halogens is 1. The molecule has 4 nitrogen and oxygen atoms in total. The molecule has 3 rings (SSSR count). The Hall–Kier alpha value is -2.21. The molecule has 0 radical (unpaired) electrons. The van der Waals surface area contributed by atoms with Gasteiger partial charge in [-0.1, -0.05) is 0 Å². The van der Waals surface area contributed by atoms with Gasteiger partial charge in [0.15, 0.2) is 22.0 Å². The number of ether oxygens (including phenoxy) is 1. The summed E-state index contributed by atoms with van der Waals surface area (Å²) in [5.41, 5.74) is 2.99. The van der Waals surface area contributed by atoms with Crippen molar-refractivity contribution in [3.63, 3.8) is 0 Å². The molecule has 2 heterocycles. The third kappa shape index (κ3) is 2.42. The van der Waals surface area contributed by atoms with E-state index in [1.807, 2.05) is 26.0 Å². The van der Waals surface area contributed by atoms with Crippen LogP contribution in [0.3, 0.4) is 0 Å². The van der Waals surface area contributed by atoms with Crippen LogP contribution in [-0.2, 0) is 0 Å². The topological polar surface area (TPSA) is 42.8 Å². The Labute approximate surface area is 126 Å². The maximum Gasteiger partial charge on any atom is 0.183 e. The van der Waals surface area contributed by atoms with E-state index in [1.54, 1.807) is 16.7 Å². The molecule has 0 aliphatic carbocycles. The summed E-state index contributed by atoms with van der Waals surface area (Å²) < 4.78 is 21.4. The summed E-state index contributed by atoms with van der Waals surface area (Å²) in [4.78, 5) is 7.55. The largest absolute Gasteiger partial charge is 0.491 e. The number of aromatic amines is 1. The minimum absolute atomic E-state index is 0.233. The van der Waals surface area contributed by atoms with Gasteiger partial charge in [0, 0.05) is 11.8 Å². The van der Waals surface area contributed by atoms with Crippen molar-refractivity contribution in [2.45, 2.75) is 13.8 Å². The molecule has 0 aliphatic rings. The van der Waals surface area contributed by atoms with E-state index in [-0.39, 0.29) is 5.75 Å². The highest BCUT2D eigenvalue weighted by Crippen LogP contribution is 2.23. The monoisotopic (exact) mass is 303 g/mol. The standard InChI is InChI=1S/C15H14FN3OS/c1-3-20-13-7-5-10(8-11(13)16)19-14-12(18-15(19)21)6-4-9(2)17-14/h4-8H,3H2,1-2H3,(H,18,21). The van der Waals surface area contributed by atoms with E-state index in [4.69, 9.17) is 17.0 Å². The summed E-state index contributed by atoms with van der Waals surface area (Å²) in [6, 6.07) is 8.58. The van der Waals surface area contributed by atoms with Crippen LogP contribution in [0.25, 0.3) is 16.9 Å². The first kappa shape index (κ1) is 13.8. The molecule has 0 atom stereocenters. The molecule has 1 N–H and O–H groups in total. The second-order valence-corrected chi connectivity index (χ2v) is 5.02. The van der Waals surface area contributed by atoms with E-state index >= 15 is 0 Å². The second-order valence-electron chi connectivity index (χ2n) is 4.64. The molecule has 0 saturated heterocycles. The lowest BCUT2D eigenvalue weighted by Gasteiger charge is -2.08. The molecule has 0 spiro atoms. The van der Waals surface area contributed by atoms with Gasteiger partial charge in [0.2, 0.25) is 0 Å². The SMILES string of the molecule is CCOc1ccc(-n2c(=S)[nH]c3ccc(C)nc32)cc1F. The number of nitrogens with zero attached hydrogens (tertiary/aromatic N) is 2. The van der Waals surface area contributed by atoms with E-state index in [0.29, 0.717) is 22.7 Å². The smallest absolute Gasteiger partial charge is 0.183 e. The number of pyridine rings is 1. The van der Waals surface area contributed by atoms with Gasteiger partial charge in [-0.25, -0.2) is 9.37 Å². The summed E-state index contributed by atoms with van der Waals surface area (Å²) in [6.45, 7) is 4.14. The predicted molar refractivity (Wildman–Crippen MR) is 82.1 cm³/mol. The highest BCUT2D eigenvalue weighted by Gasteiger charge is 2.11. The molecule has 3 aromatic rings. The van der Waals surface area contributed by atoms with Gasteiger partial charge < -0.3 is 9.72 Å². The number of nitrogens with one attached hydrogen (secondary N) is 1. The van der Waals surface area contributed by atoms with Crippen molar-refractivity contribution in [2.24, 2.45) is 0 Å². The number of fused-ring (bicyclic) bond motifs is 1. The number of imidazole rings is 1. The Bertz CT molecular complexity index is 869. The number of aromatic nitrogens is 3. The van der Waals surface area contributed by atoms with Crippen molar-refractivity contribution in [3.05, 3.63) is 46.6 Å². The zero-order valence-electron chi connectivity index (χ0n) is 11.7. The second kappa shape index (κ2) is 5.29. The van der Waals surface area contributed by atoms with Crippen molar-refractivity contribution >= 4 is 23.4 Å². The maximum absolute atomic E-state index is 14.0. The van der Waals surface area contributed by atoms with Crippen LogP contribution in [0.2, 0.25) is 0 Å². The first-order chi connectivity index (χ1) is 10.1. The van der Waals surface area contributed by atoms with Gasteiger partial charge in [-0.15, -0.1) is 0 Å². The van der Waals surface area contributed by atoms with Gasteiger partial charge in [0.25, 0.3) is 0 Å². The number of H-pyrrole nitrogens is 1. The fourth-order valence-corrected chi connectivity index (χ4v) is 2.52. The lowest BCUT2D eigenvalue weighted by atomic mass is 10.3. The Morgan fingerprint density at radius 1 is 1.33 bits per heavy atom. The van der Waals surface area contributed by atoms with Crippen LogP contribution in [0.4, 0.5) is 4.39 Å². The summed E-state index contributed by atoms with van der Waals surface area (Å²) in [7, 11) is 0. The third-order valence-electron chi connectivity index (χ3n) is 3.14. The molecule has 0 unspecified atom stereocenters. The first-order valence-electron chi connectivity index (χ1n) is 6.61. The van der Waals surface area contributed by atoms with E-state index in [2.05, 4.69) is 9.97 Å². The molecule has 108 valence electrons. The van der Waals surface area contributed by atoms with E-state index in [1.165, 1.54) is 6.07 Å². The number of benzene rings is 1. The van der Waals surface area contributed by atoms with Crippen molar-refractivity contribution in [1.29, 1.82) is 0 Å². The molecule has 2 aromatic heterocycles. The fourth-order valence-electron chi connectivity index (χ4n) is 2.22. The van der Waals surface area contributed by atoms with E-state index < -0.39 is 5.82 Å². The molecule has 0 aliphatic heterocycles. The molecule has 1 aromatic carbocycles. The normalized spacial score (nSPS) is 11.0. The van der Waals surface area contributed by atoms with Crippen LogP contribution in [0.5, 0.6) is 5.75 Å². The van der Waals surface area contributed by atoms with Gasteiger partial charge in [-0.05, 0) is 50.3 Å². The summed E-state index contributed by atoms with van der Waals surface area (Å²) in [5.74, 6) is -0.185. The average molecular weight is 303 g/mol. The van der Waals surface area contributed by atoms with Gasteiger partial charge in [-0.3, -0.25) is 4.57 Å². The molecular formula is C15H14FN3OS. The number of hydrogen-bond donors (Lipinski definition) is 1. The van der Waals surface area contributed by atoms with Gasteiger partial charge in [-0.2, -0.15) is 0 Å². The molecule has 0 amide bonds. The van der Waals surface area contributed by atoms with Gasteiger partial charge >= 0.3 is 0 Å². The minimum atomic E-state index is -0.418. The maximum atomic E-state index is 14.0. The van der Waals surface area contributed by atoms with Crippen molar-refractivity contribution in [2.75, 3.05) is 6.61 Å². The number of rotatable bonds is 3. The quantitative estimate of drug-likeness (QED) is 0.746. The molecule has 21 heavy (non-hydrogen) atoms. The minimum Gasteiger partial charge on any atom is -0.491 e. The van der Waals surface area contributed by atoms with Crippen molar-refractivity contribution in [1.82, 2.24) is 14.5 Å². The Morgan fingerprint density at radius 3 is 2.86 bits per heavy atom. The molecule has 6 heteroatoms. The molecule has 0 fully saturated rings. The summed E-state index contributed by atoms with van der Waals surface area (Å²) in [5, 5.41) is 0. The third-order valence-corrected chi connectivity index (χ3v) is 3.43. The van der Waals surface area contributed by atoms with Crippen LogP contribution in [0.1, 0.15) is 12.6 Å². The van der Waals surface area contributed by atoms with Crippen LogP contribution >= 0.6 is 12.2 Å². The zero-order chi connectivity index (χ0) is 15.0. The van der Waals surface area contributed by atoms with Crippen LogP contribution in [0, 0.1) is 17.5 Å². The van der Waals surface area contributed by atoms with Gasteiger partial charge in [0.1, 0.15) is 0 Å². The number of hydrogen-bond acceptors (Lipinski definition) is 3. The first-order valence-corrected chi connectivity index (χ1v) is 7.02. The lowest BCUT2D eigenvalue weighted by molar-refractivity contribution is 0.321. The van der Waals surface area contributed by atoms with E-state index in [9.17, 15) is 4.39 Å². The average Bonchev–Trinajstić information content (AvgIpc) is 2.76. The van der Waals surface area contributed by atoms with Crippen LogP contribution in [-0.4, -0.2) is 21.1 Å². The van der Waals surface area contributed by atoms with Crippen molar-refractivity contribution < 1.29 is 9.13 Å². The molecule has 0 saturated carbocycles. The Kier molecular flexibility index (Phi) is 3.47. The Morgan fingerprint density at radius 2 is 2.14 bits per heavy atom. The van der Waals surface area contributed by atoms with Crippen LogP contribution < -0.4 is 4.74 Å². The molecule has 0 bridgehead atoms. The Balaban J connectivity index is 2.20. The number of aryl methyl sites for hydroxylation is 1. The van der Waals surface area contributed by atoms with E-state index in [0.717, 1.165) is 11.2 Å². The molecular weight excluding hydrogens is 289 g/mol. The summed E-state index contributed by atoms with van der Waals surface area (Å²) >= 11 is 5.32. The van der Waals surface area contributed by atoms with Crippen molar-refractivity contribution in [3.8, 4) is 11.4 Å². The highest BCUT2D eigenvalue weighted by atomic mass is 32.1. The zero-order valence-corrected chi connectivity index (χ0v) is 12.5. The summed E-state index contributed by atoms with van der Waals surface area (Å²) in [6.07, 6.45) is 0. The predicted octanol–water partition coefficient (Wildman–Crippen LogP) is 3.93. The lowest BCUT2D eigenvalue weighted by Crippen LogP contribution is -1.99. The highest BCUT2D eigenvalue weighted by molar-refractivity contribution is 7.71. The fraction of sp³-hybridized carbons (Fsp3) is 0.200. The van der Waals surface area contributed by atoms with Crippen LogP contribution in [0.15, 0.2) is 30.3 Å². The van der Waals surface area contributed by atoms with Gasteiger partial charge in [0.05, 0.1) is 17.8 Å².